The predicted molar refractivity (Wildman–Crippen MR) is 64.7 cm³/mol. The molecule has 3 rings (SSSR count). The van der Waals surface area contributed by atoms with Crippen molar-refractivity contribution < 1.29 is 9.53 Å². The highest BCUT2D eigenvalue weighted by molar-refractivity contribution is 5.98. The van der Waals surface area contributed by atoms with E-state index in [4.69, 9.17) is 4.74 Å². The number of hydrazone groups is 1. The highest BCUT2D eigenvalue weighted by Crippen LogP contribution is 2.16. The number of H-pyrrole nitrogens is 1. The summed E-state index contributed by atoms with van der Waals surface area (Å²) >= 11 is 0. The maximum Gasteiger partial charge on any atom is 0.278 e. The van der Waals surface area contributed by atoms with Gasteiger partial charge in [-0.25, -0.2) is 10.4 Å². The van der Waals surface area contributed by atoms with Gasteiger partial charge in [0, 0.05) is 23.5 Å². The largest absolute Gasteiger partial charge is 0.466 e. The number of ether oxygens (including phenoxy) is 1. The van der Waals surface area contributed by atoms with Gasteiger partial charge in [-0.2, -0.15) is 0 Å². The number of aromatic amines is 1. The molecule has 0 bridgehead atoms. The maximum atomic E-state index is 10.9. The molecule has 6 nitrogen and oxygen atoms in total. The Kier molecular flexibility index (Phi) is 2.53. The molecule has 2 N–H and O–H groups in total. The lowest BCUT2D eigenvalue weighted by Crippen LogP contribution is -2.32. The van der Waals surface area contributed by atoms with E-state index in [2.05, 4.69) is 20.5 Å². The van der Waals surface area contributed by atoms with Crippen molar-refractivity contribution in [3.05, 3.63) is 42.2 Å². The number of hydrogen-bond acceptors (Lipinski definition) is 4. The second-order valence-electron chi connectivity index (χ2n) is 3.76. The number of hydrogen-bond donors (Lipinski definition) is 2. The fraction of sp³-hybridized carbons (Fsp3) is 0.0833. The van der Waals surface area contributed by atoms with E-state index >= 15 is 0 Å². The van der Waals surface area contributed by atoms with Crippen LogP contribution in [0.5, 0.6) is 0 Å². The van der Waals surface area contributed by atoms with Crippen LogP contribution in [-0.2, 0) is 9.53 Å². The van der Waals surface area contributed by atoms with E-state index in [1.807, 2.05) is 24.3 Å². The van der Waals surface area contributed by atoms with E-state index < -0.39 is 0 Å². The molecule has 0 fully saturated rings. The number of amides is 1. The van der Waals surface area contributed by atoms with Crippen LogP contribution in [-0.4, -0.2) is 28.4 Å². The van der Waals surface area contributed by atoms with Gasteiger partial charge in [0.15, 0.2) is 6.61 Å². The van der Waals surface area contributed by atoms with E-state index in [1.165, 1.54) is 0 Å². The first-order chi connectivity index (χ1) is 8.83. The molecule has 1 aliphatic heterocycles. The van der Waals surface area contributed by atoms with Crippen LogP contribution in [0.4, 0.5) is 0 Å². The smallest absolute Gasteiger partial charge is 0.278 e. The zero-order valence-electron chi connectivity index (χ0n) is 9.38. The molecule has 0 radical (unpaired) electrons. The van der Waals surface area contributed by atoms with E-state index in [0.29, 0.717) is 5.90 Å². The molecule has 0 atom stereocenters. The minimum Gasteiger partial charge on any atom is -0.466 e. The Morgan fingerprint density at radius 2 is 1.94 bits per heavy atom. The second kappa shape index (κ2) is 4.33. The first kappa shape index (κ1) is 10.5. The van der Waals surface area contributed by atoms with Crippen molar-refractivity contribution in [2.75, 3.05) is 6.61 Å². The van der Waals surface area contributed by atoms with Gasteiger partial charge in [-0.15, -0.1) is 5.10 Å². The third-order valence-corrected chi connectivity index (χ3v) is 2.53. The van der Waals surface area contributed by atoms with Gasteiger partial charge in [0.25, 0.3) is 5.91 Å². The summed E-state index contributed by atoms with van der Waals surface area (Å²) in [6.07, 6.45) is 3.47. The molecule has 18 heavy (non-hydrogen) atoms. The molecule has 2 heterocycles. The van der Waals surface area contributed by atoms with E-state index in [9.17, 15) is 4.79 Å². The number of benzene rings is 1. The average Bonchev–Trinajstić information content (AvgIpc) is 2.94. The summed E-state index contributed by atoms with van der Waals surface area (Å²) in [7, 11) is 0. The Morgan fingerprint density at radius 3 is 2.56 bits per heavy atom. The van der Waals surface area contributed by atoms with Crippen LogP contribution in [0.2, 0.25) is 0 Å². The summed E-state index contributed by atoms with van der Waals surface area (Å²) in [5.74, 6) is 0.980. The molecule has 1 aliphatic rings. The summed E-state index contributed by atoms with van der Waals surface area (Å²) in [4.78, 5) is 18.1. The fourth-order valence-electron chi connectivity index (χ4n) is 1.65. The second-order valence-corrected chi connectivity index (χ2v) is 3.76. The van der Waals surface area contributed by atoms with Crippen molar-refractivity contribution in [3.8, 4) is 11.4 Å². The van der Waals surface area contributed by atoms with Crippen LogP contribution in [0, 0.1) is 0 Å². The predicted octanol–water partition coefficient (Wildman–Crippen LogP) is 0.885. The number of imidazole rings is 1. The highest BCUT2D eigenvalue weighted by Gasteiger charge is 2.14. The van der Waals surface area contributed by atoms with Gasteiger partial charge in [-0.3, -0.25) is 4.79 Å². The minimum absolute atomic E-state index is 0.00122. The average molecular weight is 242 g/mol. The Hall–Kier alpha value is -2.63. The van der Waals surface area contributed by atoms with Gasteiger partial charge in [0.05, 0.1) is 0 Å². The van der Waals surface area contributed by atoms with Crippen LogP contribution in [0.1, 0.15) is 5.56 Å². The van der Waals surface area contributed by atoms with Crippen molar-refractivity contribution in [1.82, 2.24) is 15.4 Å². The fourth-order valence-corrected chi connectivity index (χ4v) is 1.65. The van der Waals surface area contributed by atoms with Crippen LogP contribution in [0.15, 0.2) is 41.8 Å². The van der Waals surface area contributed by atoms with Gasteiger partial charge in [-0.1, -0.05) is 12.1 Å². The van der Waals surface area contributed by atoms with E-state index in [0.717, 1.165) is 17.0 Å². The minimum atomic E-state index is -0.244. The lowest BCUT2D eigenvalue weighted by atomic mass is 10.1. The molecular formula is C12H10N4O2. The van der Waals surface area contributed by atoms with Gasteiger partial charge in [-0.05, 0) is 12.1 Å². The number of rotatable bonds is 2. The van der Waals surface area contributed by atoms with Crippen molar-refractivity contribution in [2.45, 2.75) is 0 Å². The van der Waals surface area contributed by atoms with Crippen molar-refractivity contribution in [3.63, 3.8) is 0 Å². The highest BCUT2D eigenvalue weighted by atomic mass is 16.5. The molecule has 1 aromatic heterocycles. The van der Waals surface area contributed by atoms with Crippen molar-refractivity contribution >= 4 is 11.8 Å². The Labute approximate surface area is 103 Å². The molecule has 1 aromatic carbocycles. The third kappa shape index (κ3) is 1.95. The van der Waals surface area contributed by atoms with Crippen LogP contribution >= 0.6 is 0 Å². The van der Waals surface area contributed by atoms with E-state index in [-0.39, 0.29) is 12.5 Å². The first-order valence-electron chi connectivity index (χ1n) is 5.42. The zero-order chi connectivity index (χ0) is 12.4. The van der Waals surface area contributed by atoms with Crippen LogP contribution in [0.25, 0.3) is 11.4 Å². The molecule has 6 heteroatoms. The van der Waals surface area contributed by atoms with Crippen molar-refractivity contribution in [1.29, 1.82) is 0 Å². The molecule has 2 aromatic rings. The summed E-state index contributed by atoms with van der Waals surface area (Å²) < 4.78 is 5.22. The molecule has 0 unspecified atom stereocenters. The third-order valence-electron chi connectivity index (χ3n) is 2.53. The standard InChI is InChI=1S/C12H10N4O2/c17-10-7-18-12(16-15-10)9-3-1-8(2-4-9)11-13-5-6-14-11/h1-6H,7H2,(H,13,14)(H,15,17). The molecule has 90 valence electrons. The number of aromatic nitrogens is 2. The topological polar surface area (TPSA) is 79.4 Å². The van der Waals surface area contributed by atoms with E-state index in [1.54, 1.807) is 12.4 Å². The normalized spacial score (nSPS) is 14.7. The Balaban J connectivity index is 1.85. The summed E-state index contributed by atoms with van der Waals surface area (Å²) in [6, 6.07) is 7.56. The van der Waals surface area contributed by atoms with Gasteiger partial charge >= 0.3 is 0 Å². The molecule has 0 saturated carbocycles. The summed E-state index contributed by atoms with van der Waals surface area (Å²) in [5, 5.41) is 3.84. The molecule has 0 saturated heterocycles. The molecule has 0 spiro atoms. The number of carbonyl (C=O) groups excluding carboxylic acids is 1. The lowest BCUT2D eigenvalue weighted by Gasteiger charge is -2.13. The Bertz CT molecular complexity index is 587. The molecular weight excluding hydrogens is 232 g/mol. The van der Waals surface area contributed by atoms with Gasteiger partial charge < -0.3 is 9.72 Å². The molecule has 1 amide bonds. The molecule has 0 aliphatic carbocycles. The summed E-state index contributed by atoms with van der Waals surface area (Å²) in [6.45, 7) is -0.00122. The SMILES string of the molecule is O=C1COC(c2ccc(-c3ncc[nH]3)cc2)=NN1. The number of carbonyl (C=O) groups is 1. The zero-order valence-corrected chi connectivity index (χ0v) is 9.38. The number of nitrogens with zero attached hydrogens (tertiary/aromatic N) is 2. The van der Waals surface area contributed by atoms with Crippen LogP contribution < -0.4 is 5.43 Å². The summed E-state index contributed by atoms with van der Waals surface area (Å²) in [5.41, 5.74) is 4.16. The van der Waals surface area contributed by atoms with Gasteiger partial charge in [0.2, 0.25) is 5.90 Å². The Morgan fingerprint density at radius 1 is 1.17 bits per heavy atom. The van der Waals surface area contributed by atoms with Crippen molar-refractivity contribution in [2.24, 2.45) is 5.10 Å². The quantitative estimate of drug-likeness (QED) is 0.820. The monoisotopic (exact) mass is 242 g/mol. The van der Waals surface area contributed by atoms with Crippen LogP contribution in [0.3, 0.4) is 0 Å². The number of nitrogens with one attached hydrogen (secondary N) is 2. The van der Waals surface area contributed by atoms with Gasteiger partial charge in [0.1, 0.15) is 5.82 Å². The lowest BCUT2D eigenvalue weighted by molar-refractivity contribution is -0.124. The first-order valence-corrected chi connectivity index (χ1v) is 5.42. The maximum absolute atomic E-state index is 10.9.